The highest BCUT2D eigenvalue weighted by Crippen LogP contribution is 2.34. The van der Waals surface area contributed by atoms with E-state index < -0.39 is 44.8 Å². The van der Waals surface area contributed by atoms with E-state index >= 15 is 0 Å². The van der Waals surface area contributed by atoms with Gasteiger partial charge in [0.05, 0.1) is 4.92 Å². The molecule has 14 heteroatoms. The van der Waals surface area contributed by atoms with Gasteiger partial charge in [-0.3, -0.25) is 20.2 Å². The lowest BCUT2D eigenvalue weighted by atomic mass is 10.1. The number of benzene rings is 2. The number of nitrogens with zero attached hydrogens (tertiary/aromatic N) is 4. The highest BCUT2D eigenvalue weighted by molar-refractivity contribution is 7.80. The number of carbonyl (C=O) groups is 1. The summed E-state index contributed by atoms with van der Waals surface area (Å²) in [7, 11) is 0. The summed E-state index contributed by atoms with van der Waals surface area (Å²) in [5.41, 5.74) is -0.561. The lowest BCUT2D eigenvalue weighted by Crippen LogP contribution is -2.53. The number of nitrogens with one attached hydrogen (secondary N) is 1. The van der Waals surface area contributed by atoms with E-state index in [0.29, 0.717) is 18.8 Å². The monoisotopic (exact) mass is 545 g/mol. The molecule has 2 aliphatic rings. The Kier molecular flexibility index (Phi) is 7.50. The average Bonchev–Trinajstić information content (AvgIpc) is 3.41. The molecular formula is C22H20ClF4N5O3S. The fourth-order valence-electron chi connectivity index (χ4n) is 4.29. The van der Waals surface area contributed by atoms with Crippen molar-refractivity contribution in [3.8, 4) is 0 Å². The SMILES string of the molecule is O=C(NC(=S)N1CCN(c2c(F)c(F)c(Cl)c(F)c2F)CC1)c1ccc(N2CCCC2)c([N+](=O)[O-])c1. The number of carbonyl (C=O) groups excluding carboxylic acids is 1. The molecule has 0 saturated carbocycles. The maximum Gasteiger partial charge on any atom is 0.293 e. The molecule has 0 aliphatic carbocycles. The van der Waals surface area contributed by atoms with Crippen molar-refractivity contribution in [1.82, 2.24) is 10.2 Å². The van der Waals surface area contributed by atoms with Crippen molar-refractivity contribution in [1.29, 1.82) is 0 Å². The minimum Gasteiger partial charge on any atom is -0.366 e. The summed E-state index contributed by atoms with van der Waals surface area (Å²) < 4.78 is 56.2. The number of piperazine rings is 1. The molecule has 192 valence electrons. The molecule has 0 bridgehead atoms. The van der Waals surface area contributed by atoms with Crippen LogP contribution in [0.25, 0.3) is 0 Å². The number of amides is 1. The quantitative estimate of drug-likeness (QED) is 0.154. The predicted octanol–water partition coefficient (Wildman–Crippen LogP) is 4.24. The van der Waals surface area contributed by atoms with Gasteiger partial charge in [0.2, 0.25) is 0 Å². The topological polar surface area (TPSA) is 82.0 Å². The molecular weight excluding hydrogens is 526 g/mol. The molecule has 1 N–H and O–H groups in total. The van der Waals surface area contributed by atoms with E-state index in [1.807, 2.05) is 4.90 Å². The highest BCUT2D eigenvalue weighted by atomic mass is 35.5. The summed E-state index contributed by atoms with van der Waals surface area (Å²) in [5, 5.41) is 12.8. The number of hydrogen-bond donors (Lipinski definition) is 1. The van der Waals surface area contributed by atoms with Crippen LogP contribution in [0, 0.1) is 33.4 Å². The van der Waals surface area contributed by atoms with Gasteiger partial charge in [-0.25, -0.2) is 17.6 Å². The smallest absolute Gasteiger partial charge is 0.293 e. The van der Waals surface area contributed by atoms with Crippen LogP contribution >= 0.6 is 23.8 Å². The number of nitro benzene ring substituents is 1. The molecule has 2 saturated heterocycles. The molecule has 0 atom stereocenters. The largest absolute Gasteiger partial charge is 0.366 e. The molecule has 2 aliphatic heterocycles. The molecule has 0 aromatic heterocycles. The first kappa shape index (κ1) is 25.9. The third-order valence-corrected chi connectivity index (χ3v) is 6.86. The normalized spacial score (nSPS) is 15.9. The number of thiocarbonyl (C=S) groups is 1. The van der Waals surface area contributed by atoms with Crippen LogP contribution in [0.3, 0.4) is 0 Å². The van der Waals surface area contributed by atoms with Crippen LogP contribution in [0.5, 0.6) is 0 Å². The van der Waals surface area contributed by atoms with Gasteiger partial charge in [0.25, 0.3) is 11.6 Å². The van der Waals surface area contributed by atoms with Crippen molar-refractivity contribution in [3.63, 3.8) is 0 Å². The van der Waals surface area contributed by atoms with Gasteiger partial charge in [-0.2, -0.15) is 0 Å². The first-order valence-electron chi connectivity index (χ1n) is 11.0. The Balaban J connectivity index is 1.42. The molecule has 36 heavy (non-hydrogen) atoms. The molecule has 0 spiro atoms. The van der Waals surface area contributed by atoms with Crippen molar-refractivity contribution in [3.05, 3.63) is 62.2 Å². The van der Waals surface area contributed by atoms with Crippen molar-refractivity contribution in [2.24, 2.45) is 0 Å². The first-order chi connectivity index (χ1) is 17.1. The zero-order chi connectivity index (χ0) is 26.1. The fourth-order valence-corrected chi connectivity index (χ4v) is 4.73. The Morgan fingerprint density at radius 1 is 0.944 bits per heavy atom. The molecule has 8 nitrogen and oxygen atoms in total. The molecule has 2 fully saturated rings. The Bertz CT molecular complexity index is 1210. The number of halogens is 5. The van der Waals surface area contributed by atoms with Gasteiger partial charge >= 0.3 is 0 Å². The van der Waals surface area contributed by atoms with E-state index in [9.17, 15) is 32.5 Å². The maximum atomic E-state index is 14.3. The molecule has 4 rings (SSSR count). The van der Waals surface area contributed by atoms with E-state index in [1.165, 1.54) is 23.1 Å². The van der Waals surface area contributed by atoms with Crippen molar-refractivity contribution < 1.29 is 27.3 Å². The van der Waals surface area contributed by atoms with Gasteiger partial charge in [-0.1, -0.05) is 11.6 Å². The molecule has 2 aromatic rings. The first-order valence-corrected chi connectivity index (χ1v) is 11.8. The summed E-state index contributed by atoms with van der Waals surface area (Å²) in [6.07, 6.45) is 1.87. The van der Waals surface area contributed by atoms with Crippen LogP contribution in [0.4, 0.5) is 34.6 Å². The van der Waals surface area contributed by atoms with Crippen molar-refractivity contribution in [2.45, 2.75) is 12.8 Å². The Hall–Kier alpha value is -3.19. The van der Waals surface area contributed by atoms with Gasteiger partial charge in [0.1, 0.15) is 16.4 Å². The van der Waals surface area contributed by atoms with Crippen LogP contribution in [-0.2, 0) is 0 Å². The second-order valence-electron chi connectivity index (χ2n) is 8.31. The average molecular weight is 546 g/mol. The minimum absolute atomic E-state index is 0.000309. The third-order valence-electron chi connectivity index (χ3n) is 6.17. The predicted molar refractivity (Wildman–Crippen MR) is 130 cm³/mol. The molecule has 2 heterocycles. The van der Waals surface area contributed by atoms with Gasteiger partial charge in [0, 0.05) is 50.9 Å². The van der Waals surface area contributed by atoms with Gasteiger partial charge in [-0.05, 0) is 37.2 Å². The zero-order valence-electron chi connectivity index (χ0n) is 18.7. The molecule has 0 unspecified atom stereocenters. The van der Waals surface area contributed by atoms with E-state index in [1.54, 1.807) is 0 Å². The second-order valence-corrected chi connectivity index (χ2v) is 9.07. The lowest BCUT2D eigenvalue weighted by Gasteiger charge is -2.37. The minimum atomic E-state index is -1.68. The lowest BCUT2D eigenvalue weighted by molar-refractivity contribution is -0.384. The van der Waals surface area contributed by atoms with E-state index in [2.05, 4.69) is 5.32 Å². The number of anilines is 2. The van der Waals surface area contributed by atoms with Crippen LogP contribution in [0.1, 0.15) is 23.2 Å². The number of rotatable bonds is 4. The summed E-state index contributed by atoms with van der Waals surface area (Å²) in [5.74, 6) is -7.21. The summed E-state index contributed by atoms with van der Waals surface area (Å²) >= 11 is 10.5. The maximum absolute atomic E-state index is 14.3. The third kappa shape index (κ3) is 4.89. The van der Waals surface area contributed by atoms with Gasteiger partial charge in [-0.15, -0.1) is 0 Å². The molecule has 1 amide bonds. The Morgan fingerprint density at radius 2 is 1.53 bits per heavy atom. The summed E-state index contributed by atoms with van der Waals surface area (Å²) in [6.45, 7) is 1.45. The highest BCUT2D eigenvalue weighted by Gasteiger charge is 2.31. The van der Waals surface area contributed by atoms with E-state index in [-0.39, 0.29) is 42.5 Å². The summed E-state index contributed by atoms with van der Waals surface area (Å²) in [6, 6.07) is 4.21. The van der Waals surface area contributed by atoms with Crippen LogP contribution < -0.4 is 15.1 Å². The number of hydrogen-bond acceptors (Lipinski definition) is 6. The zero-order valence-corrected chi connectivity index (χ0v) is 20.3. The standard InChI is InChI=1S/C22H20ClF4N5O3S/c23-15-16(24)18(26)20(19(27)17(15)25)30-7-9-31(10-8-30)22(36)28-21(33)12-3-4-13(14(11-12)32(34)35)29-5-1-2-6-29/h3-4,11H,1-2,5-10H2,(H,28,33,36). The Labute approximate surface area is 213 Å². The van der Waals surface area contributed by atoms with Crippen LogP contribution in [0.2, 0.25) is 5.02 Å². The fraction of sp³-hybridized carbons (Fsp3) is 0.364. The van der Waals surface area contributed by atoms with Crippen LogP contribution in [0.15, 0.2) is 18.2 Å². The van der Waals surface area contributed by atoms with Gasteiger partial charge in [0.15, 0.2) is 28.4 Å². The number of nitro groups is 1. The van der Waals surface area contributed by atoms with Crippen molar-refractivity contribution >= 4 is 51.9 Å². The Morgan fingerprint density at radius 3 is 2.08 bits per heavy atom. The second kappa shape index (κ2) is 10.4. The van der Waals surface area contributed by atoms with Gasteiger partial charge < -0.3 is 14.7 Å². The van der Waals surface area contributed by atoms with E-state index in [0.717, 1.165) is 17.7 Å². The molecule has 2 aromatic carbocycles. The van der Waals surface area contributed by atoms with Crippen LogP contribution in [-0.4, -0.2) is 60.1 Å². The van der Waals surface area contributed by atoms with Crippen molar-refractivity contribution in [2.75, 3.05) is 49.1 Å². The summed E-state index contributed by atoms with van der Waals surface area (Å²) in [4.78, 5) is 28.3. The molecule has 0 radical (unpaired) electrons. The van der Waals surface area contributed by atoms with E-state index in [4.69, 9.17) is 23.8 Å².